The van der Waals surface area contributed by atoms with Crippen LogP contribution in [0.1, 0.15) is 29.1 Å². The third-order valence-corrected chi connectivity index (χ3v) is 5.41. The summed E-state index contributed by atoms with van der Waals surface area (Å²) in [4.78, 5) is 39.5. The quantitative estimate of drug-likeness (QED) is 0.340. The summed E-state index contributed by atoms with van der Waals surface area (Å²) in [6.45, 7) is 1.37. The van der Waals surface area contributed by atoms with Crippen molar-refractivity contribution in [3.8, 4) is 5.88 Å². The zero-order chi connectivity index (χ0) is 23.3. The Labute approximate surface area is 215 Å². The molecule has 1 amide bonds. The van der Waals surface area contributed by atoms with Crippen LogP contribution < -0.4 is 51.0 Å². The third kappa shape index (κ3) is 3.92. The second kappa shape index (κ2) is 8.90. The molecule has 164 valence electrons. The first-order chi connectivity index (χ1) is 15.8. The molecule has 5 rings (SSSR count). The van der Waals surface area contributed by atoms with Gasteiger partial charge in [0, 0.05) is 23.1 Å². The van der Waals surface area contributed by atoms with Gasteiger partial charge in [0.05, 0.1) is 22.0 Å². The van der Waals surface area contributed by atoms with Crippen LogP contribution >= 0.6 is 0 Å². The van der Waals surface area contributed by atoms with E-state index in [1.54, 1.807) is 42.5 Å². The number of nitrogens with zero attached hydrogens (tertiary/aromatic N) is 2. The number of rotatable bonds is 3. The minimum atomic E-state index is -1.10. The SMILES string of the molecule is CC(=O)n1c(O)c(C=c2ccc(=CC3=c4ccc(C(=O)O)cc4=NC3=O)o2)c2ccccc21.[H-].[Na+]. The fourth-order valence-electron chi connectivity index (χ4n) is 3.93. The average Bonchev–Trinajstić information content (AvgIpc) is 3.43. The normalized spacial score (nSPS) is 13.7. The molecule has 0 atom stereocenters. The minimum Gasteiger partial charge on any atom is -1.00 e. The van der Waals surface area contributed by atoms with Gasteiger partial charge < -0.3 is 16.1 Å². The van der Waals surface area contributed by atoms with E-state index in [0.717, 1.165) is 0 Å². The van der Waals surface area contributed by atoms with Crippen LogP contribution in [-0.2, 0) is 4.79 Å². The standard InChI is InChI=1S/C25H16N2O6.Na.H/c1-13(28)27-22-5-3-2-4-18(22)20(24(27)30)12-16-8-7-15(33-16)11-19-17-9-6-14(25(31)32)10-21(17)26-23(19)29;;/h2-12,30H,1H3,(H,31,32);;/q;+1;-1. The third-order valence-electron chi connectivity index (χ3n) is 5.41. The van der Waals surface area contributed by atoms with Gasteiger partial charge in [-0.15, -0.1) is 0 Å². The van der Waals surface area contributed by atoms with Crippen molar-refractivity contribution in [1.29, 1.82) is 0 Å². The minimum absolute atomic E-state index is 0. The van der Waals surface area contributed by atoms with Gasteiger partial charge in [0.2, 0.25) is 11.8 Å². The molecule has 0 saturated carbocycles. The number of aromatic carboxylic acids is 1. The molecule has 2 aromatic heterocycles. The Morgan fingerprint density at radius 1 is 1.06 bits per heavy atom. The number of amides is 1. The first kappa shape index (κ1) is 23.4. The van der Waals surface area contributed by atoms with Crippen LogP contribution in [-0.4, -0.2) is 32.6 Å². The number of aromatic hydroxyl groups is 1. The molecule has 9 heteroatoms. The Kier molecular flexibility index (Phi) is 6.14. The van der Waals surface area contributed by atoms with Crippen LogP contribution in [0.5, 0.6) is 5.88 Å². The number of hydrogen-bond acceptors (Lipinski definition) is 5. The maximum Gasteiger partial charge on any atom is 1.00 e. The molecule has 0 aliphatic carbocycles. The number of carbonyl (C=O) groups is 3. The Morgan fingerprint density at radius 3 is 2.47 bits per heavy atom. The number of para-hydroxylation sites is 1. The number of carboxylic acids is 1. The smallest absolute Gasteiger partial charge is 1.00 e. The molecular formula is C25H17N2NaO6. The van der Waals surface area contributed by atoms with E-state index < -0.39 is 11.9 Å². The molecular weight excluding hydrogens is 447 g/mol. The van der Waals surface area contributed by atoms with Crippen LogP contribution in [0, 0.1) is 0 Å². The monoisotopic (exact) mass is 464 g/mol. The van der Waals surface area contributed by atoms with Gasteiger partial charge in [-0.1, -0.05) is 24.3 Å². The number of carbonyl (C=O) groups excluding carboxylic acids is 2. The van der Waals surface area contributed by atoms with Gasteiger partial charge in [0.15, 0.2) is 0 Å². The van der Waals surface area contributed by atoms with E-state index in [-0.39, 0.29) is 48.3 Å². The Balaban J connectivity index is 0.00000171. The summed E-state index contributed by atoms with van der Waals surface area (Å²) in [6.07, 6.45) is 3.15. The Bertz CT molecular complexity index is 1770. The van der Waals surface area contributed by atoms with E-state index in [1.807, 2.05) is 6.07 Å². The molecule has 0 unspecified atom stereocenters. The molecule has 0 bridgehead atoms. The fourth-order valence-corrected chi connectivity index (χ4v) is 3.93. The van der Waals surface area contributed by atoms with Gasteiger partial charge in [-0.25, -0.2) is 9.79 Å². The van der Waals surface area contributed by atoms with E-state index in [1.165, 1.54) is 29.7 Å². The molecule has 8 nitrogen and oxygen atoms in total. The number of fused-ring (bicyclic) bond motifs is 2. The summed E-state index contributed by atoms with van der Waals surface area (Å²) in [5, 5.41) is 21.3. The second-order valence-electron chi connectivity index (χ2n) is 7.51. The summed E-state index contributed by atoms with van der Waals surface area (Å²) in [5.41, 5.74) is 2.15. The van der Waals surface area contributed by atoms with Gasteiger partial charge in [0.1, 0.15) is 10.8 Å². The van der Waals surface area contributed by atoms with E-state index in [2.05, 4.69) is 4.99 Å². The number of benzene rings is 2. The number of carboxylic acid groups (broad SMARTS) is 1. The van der Waals surface area contributed by atoms with Crippen molar-refractivity contribution in [3.05, 3.63) is 87.1 Å². The molecule has 1 aliphatic rings. The van der Waals surface area contributed by atoms with Crippen molar-refractivity contribution < 1.29 is 60.0 Å². The summed E-state index contributed by atoms with van der Waals surface area (Å²) < 4.78 is 7.05. The zero-order valence-corrected chi connectivity index (χ0v) is 20.3. The van der Waals surface area contributed by atoms with Gasteiger partial charge in [0.25, 0.3) is 5.91 Å². The predicted molar refractivity (Wildman–Crippen MR) is 120 cm³/mol. The molecule has 1 aliphatic heterocycles. The number of furan rings is 1. The van der Waals surface area contributed by atoms with Crippen molar-refractivity contribution in [2.45, 2.75) is 6.92 Å². The molecule has 0 spiro atoms. The van der Waals surface area contributed by atoms with Crippen LogP contribution in [0.4, 0.5) is 0 Å². The van der Waals surface area contributed by atoms with Crippen molar-refractivity contribution in [1.82, 2.24) is 4.57 Å². The van der Waals surface area contributed by atoms with E-state index >= 15 is 0 Å². The molecule has 0 saturated heterocycles. The Morgan fingerprint density at radius 2 is 1.76 bits per heavy atom. The van der Waals surface area contributed by atoms with Crippen molar-refractivity contribution in [2.24, 2.45) is 4.99 Å². The molecule has 34 heavy (non-hydrogen) atoms. The first-order valence-corrected chi connectivity index (χ1v) is 9.97. The van der Waals surface area contributed by atoms with Crippen LogP contribution in [0.2, 0.25) is 0 Å². The van der Waals surface area contributed by atoms with Crippen LogP contribution in [0.3, 0.4) is 0 Å². The molecule has 0 fully saturated rings. The Hall–Kier alpha value is -3.72. The largest absolute Gasteiger partial charge is 1.00 e. The average molecular weight is 464 g/mol. The molecule has 2 N–H and O–H groups in total. The van der Waals surface area contributed by atoms with Crippen LogP contribution in [0.25, 0.3) is 28.6 Å². The van der Waals surface area contributed by atoms with Crippen LogP contribution in [0.15, 0.2) is 64.0 Å². The van der Waals surface area contributed by atoms with E-state index in [0.29, 0.717) is 43.4 Å². The van der Waals surface area contributed by atoms with Gasteiger partial charge in [-0.05, 0) is 42.5 Å². The number of aromatic nitrogens is 1. The molecule has 0 radical (unpaired) electrons. The summed E-state index contributed by atoms with van der Waals surface area (Å²) >= 11 is 0. The molecule has 3 heterocycles. The molecule has 4 aromatic rings. The van der Waals surface area contributed by atoms with E-state index in [9.17, 15) is 19.5 Å². The summed E-state index contributed by atoms with van der Waals surface area (Å²) in [6, 6.07) is 14.8. The summed E-state index contributed by atoms with van der Waals surface area (Å²) in [7, 11) is 0. The molecule has 2 aromatic carbocycles. The van der Waals surface area contributed by atoms with Crippen molar-refractivity contribution in [3.63, 3.8) is 0 Å². The predicted octanol–water partition coefficient (Wildman–Crippen LogP) is -1.97. The van der Waals surface area contributed by atoms with Gasteiger partial charge in [-0.3, -0.25) is 14.2 Å². The van der Waals surface area contributed by atoms with Gasteiger partial charge in [-0.2, -0.15) is 0 Å². The van der Waals surface area contributed by atoms with Crippen molar-refractivity contribution >= 4 is 46.4 Å². The van der Waals surface area contributed by atoms with Crippen molar-refractivity contribution in [2.75, 3.05) is 0 Å². The second-order valence-corrected chi connectivity index (χ2v) is 7.51. The number of hydrogen-bond donors (Lipinski definition) is 2. The zero-order valence-electron chi connectivity index (χ0n) is 19.3. The first-order valence-electron chi connectivity index (χ1n) is 9.97. The van der Waals surface area contributed by atoms with E-state index in [4.69, 9.17) is 9.52 Å². The maximum atomic E-state index is 12.4. The summed E-state index contributed by atoms with van der Waals surface area (Å²) in [5.74, 6) is -2.09. The van der Waals surface area contributed by atoms with Gasteiger partial charge >= 0.3 is 35.5 Å². The fraction of sp³-hybridized carbons (Fsp3) is 0.0400. The maximum absolute atomic E-state index is 12.4. The topological polar surface area (TPSA) is 122 Å².